The Morgan fingerprint density at radius 3 is 2.71 bits per heavy atom. The van der Waals surface area contributed by atoms with E-state index in [1.54, 1.807) is 33.7 Å². The van der Waals surface area contributed by atoms with Crippen LogP contribution in [0.2, 0.25) is 0 Å². The molecule has 2 aromatic rings. The Morgan fingerprint density at radius 1 is 1.29 bits per heavy atom. The summed E-state index contributed by atoms with van der Waals surface area (Å²) in [4.78, 5) is 11.8. The fourth-order valence-electron chi connectivity index (χ4n) is 1.75. The van der Waals surface area contributed by atoms with Gasteiger partial charge in [-0.3, -0.25) is 9.13 Å². The van der Waals surface area contributed by atoms with Gasteiger partial charge in [0.05, 0.1) is 18.2 Å². The highest BCUT2D eigenvalue weighted by Crippen LogP contribution is 2.05. The molecule has 0 amide bonds. The maximum Gasteiger partial charge on any atom is 0.328 e. The van der Waals surface area contributed by atoms with Gasteiger partial charge in [-0.05, 0) is 24.6 Å². The molecule has 0 saturated carbocycles. The minimum Gasteiger partial charge on any atom is -0.300 e. The van der Waals surface area contributed by atoms with E-state index in [1.165, 1.54) is 0 Å². The van der Waals surface area contributed by atoms with Gasteiger partial charge in [0.2, 0.25) is 0 Å². The monoisotopic (exact) mass is 227 g/mol. The number of aromatic nitrogens is 2. The fourth-order valence-corrected chi connectivity index (χ4v) is 1.75. The lowest BCUT2D eigenvalue weighted by molar-refractivity contribution is 0.668. The van der Waals surface area contributed by atoms with Crippen LogP contribution in [0.4, 0.5) is 0 Å². The minimum atomic E-state index is -0.0186. The summed E-state index contributed by atoms with van der Waals surface area (Å²) in [7, 11) is 0. The number of nitriles is 1. The number of rotatable bonds is 3. The van der Waals surface area contributed by atoms with Crippen LogP contribution in [0.15, 0.2) is 41.5 Å². The highest BCUT2D eigenvalue weighted by Gasteiger charge is 2.02. The fraction of sp³-hybridized carbons (Fsp3) is 0.231. The van der Waals surface area contributed by atoms with Crippen molar-refractivity contribution in [1.29, 1.82) is 5.26 Å². The molecule has 2 rings (SSSR count). The molecule has 0 spiro atoms. The summed E-state index contributed by atoms with van der Waals surface area (Å²) < 4.78 is 3.29. The van der Waals surface area contributed by atoms with Crippen LogP contribution in [0.5, 0.6) is 0 Å². The van der Waals surface area contributed by atoms with Gasteiger partial charge in [-0.2, -0.15) is 5.26 Å². The lowest BCUT2D eigenvalue weighted by atomic mass is 10.1. The third kappa shape index (κ3) is 2.28. The first-order valence-electron chi connectivity index (χ1n) is 5.49. The molecule has 4 nitrogen and oxygen atoms in total. The Hall–Kier alpha value is -2.28. The van der Waals surface area contributed by atoms with Crippen LogP contribution in [0.1, 0.15) is 18.1 Å². The molecule has 0 atom stereocenters. The first-order chi connectivity index (χ1) is 8.24. The summed E-state index contributed by atoms with van der Waals surface area (Å²) >= 11 is 0. The second kappa shape index (κ2) is 4.71. The van der Waals surface area contributed by atoms with Gasteiger partial charge in [0, 0.05) is 18.9 Å². The largest absolute Gasteiger partial charge is 0.328 e. The van der Waals surface area contributed by atoms with Crippen molar-refractivity contribution < 1.29 is 0 Å². The van der Waals surface area contributed by atoms with Gasteiger partial charge in [0.15, 0.2) is 0 Å². The number of nitrogens with zero attached hydrogens (tertiary/aromatic N) is 3. The van der Waals surface area contributed by atoms with E-state index in [1.807, 2.05) is 19.1 Å². The molecule has 1 heterocycles. The molecule has 1 aromatic heterocycles. The molecule has 0 bridgehead atoms. The zero-order valence-electron chi connectivity index (χ0n) is 9.63. The van der Waals surface area contributed by atoms with Crippen molar-refractivity contribution in [3.05, 3.63) is 58.3 Å². The molecule has 0 aliphatic rings. The molecule has 1 aromatic carbocycles. The highest BCUT2D eigenvalue weighted by molar-refractivity contribution is 5.32. The summed E-state index contributed by atoms with van der Waals surface area (Å²) in [5, 5.41) is 8.80. The maximum absolute atomic E-state index is 11.8. The van der Waals surface area contributed by atoms with Crippen LogP contribution in [-0.4, -0.2) is 9.13 Å². The zero-order chi connectivity index (χ0) is 12.3. The first-order valence-corrected chi connectivity index (χ1v) is 5.49. The van der Waals surface area contributed by atoms with Gasteiger partial charge < -0.3 is 0 Å². The van der Waals surface area contributed by atoms with Gasteiger partial charge >= 0.3 is 5.69 Å². The SMILES string of the molecule is CCn1ccn(Cc2cccc(C#N)c2)c1=O. The van der Waals surface area contributed by atoms with Gasteiger partial charge in [-0.25, -0.2) is 4.79 Å². The summed E-state index contributed by atoms with van der Waals surface area (Å²) in [6.07, 6.45) is 3.54. The third-order valence-electron chi connectivity index (χ3n) is 2.67. The van der Waals surface area contributed by atoms with Crippen LogP contribution < -0.4 is 5.69 Å². The quantitative estimate of drug-likeness (QED) is 0.799. The number of aryl methyl sites for hydroxylation is 1. The Balaban J connectivity index is 2.29. The van der Waals surface area contributed by atoms with Crippen molar-refractivity contribution in [2.75, 3.05) is 0 Å². The average Bonchev–Trinajstić information content (AvgIpc) is 2.71. The van der Waals surface area contributed by atoms with Crippen LogP contribution >= 0.6 is 0 Å². The lowest BCUT2D eigenvalue weighted by Gasteiger charge is -2.02. The Morgan fingerprint density at radius 2 is 2.06 bits per heavy atom. The van der Waals surface area contributed by atoms with Crippen molar-refractivity contribution >= 4 is 0 Å². The summed E-state index contributed by atoms with van der Waals surface area (Å²) in [6.45, 7) is 3.10. The second-order valence-corrected chi connectivity index (χ2v) is 3.81. The van der Waals surface area contributed by atoms with Crippen molar-refractivity contribution in [1.82, 2.24) is 9.13 Å². The Kier molecular flexibility index (Phi) is 3.10. The van der Waals surface area contributed by atoms with E-state index in [-0.39, 0.29) is 5.69 Å². The molecule has 86 valence electrons. The van der Waals surface area contributed by atoms with Crippen molar-refractivity contribution in [2.45, 2.75) is 20.0 Å². The molecule has 17 heavy (non-hydrogen) atoms. The number of imidazole rings is 1. The molecule has 0 unspecified atom stereocenters. The van der Waals surface area contributed by atoms with E-state index < -0.39 is 0 Å². The molecule has 4 heteroatoms. The number of hydrogen-bond acceptors (Lipinski definition) is 2. The van der Waals surface area contributed by atoms with Crippen LogP contribution in [0, 0.1) is 11.3 Å². The molecule has 0 saturated heterocycles. The van der Waals surface area contributed by atoms with Crippen molar-refractivity contribution in [3.8, 4) is 6.07 Å². The summed E-state index contributed by atoms with van der Waals surface area (Å²) in [5.74, 6) is 0. The van der Waals surface area contributed by atoms with E-state index in [4.69, 9.17) is 5.26 Å². The topological polar surface area (TPSA) is 50.7 Å². The van der Waals surface area contributed by atoms with E-state index in [9.17, 15) is 4.79 Å². The molecule has 0 radical (unpaired) electrons. The minimum absolute atomic E-state index is 0.0186. The molecule has 0 aliphatic heterocycles. The van der Waals surface area contributed by atoms with Crippen LogP contribution in [0.3, 0.4) is 0 Å². The Labute approximate surface area is 99.4 Å². The molecule has 0 fully saturated rings. The van der Waals surface area contributed by atoms with Gasteiger partial charge in [0.1, 0.15) is 0 Å². The standard InChI is InChI=1S/C13H13N3O/c1-2-15-6-7-16(13(15)17)10-12-5-3-4-11(8-12)9-14/h3-8H,2,10H2,1H3. The van der Waals surface area contributed by atoms with Gasteiger partial charge in [-0.1, -0.05) is 12.1 Å². The molecule has 0 N–H and O–H groups in total. The molecular formula is C13H13N3O. The molecule has 0 aliphatic carbocycles. The smallest absolute Gasteiger partial charge is 0.300 e. The van der Waals surface area contributed by atoms with Crippen molar-refractivity contribution in [2.24, 2.45) is 0 Å². The predicted molar refractivity (Wildman–Crippen MR) is 64.6 cm³/mol. The van der Waals surface area contributed by atoms with Gasteiger partial charge in [0.25, 0.3) is 0 Å². The summed E-state index contributed by atoms with van der Waals surface area (Å²) in [5.41, 5.74) is 1.56. The van der Waals surface area contributed by atoms with Gasteiger partial charge in [-0.15, -0.1) is 0 Å². The zero-order valence-corrected chi connectivity index (χ0v) is 9.63. The Bertz CT molecular complexity index is 616. The average molecular weight is 227 g/mol. The first kappa shape index (κ1) is 11.2. The van der Waals surface area contributed by atoms with Crippen LogP contribution in [0.25, 0.3) is 0 Å². The van der Waals surface area contributed by atoms with E-state index in [0.29, 0.717) is 18.7 Å². The maximum atomic E-state index is 11.8. The van der Waals surface area contributed by atoms with E-state index in [0.717, 1.165) is 5.56 Å². The highest BCUT2D eigenvalue weighted by atomic mass is 16.1. The van der Waals surface area contributed by atoms with E-state index in [2.05, 4.69) is 6.07 Å². The predicted octanol–water partition coefficient (Wildman–Crippen LogP) is 1.59. The van der Waals surface area contributed by atoms with Crippen molar-refractivity contribution in [3.63, 3.8) is 0 Å². The number of benzene rings is 1. The second-order valence-electron chi connectivity index (χ2n) is 3.81. The summed E-state index contributed by atoms with van der Waals surface area (Å²) in [6, 6.07) is 9.39. The van der Waals surface area contributed by atoms with E-state index >= 15 is 0 Å². The lowest BCUT2D eigenvalue weighted by Crippen LogP contribution is -2.23. The number of hydrogen-bond donors (Lipinski definition) is 0. The molecular weight excluding hydrogens is 214 g/mol. The third-order valence-corrected chi connectivity index (χ3v) is 2.67. The van der Waals surface area contributed by atoms with Crippen LogP contribution in [-0.2, 0) is 13.1 Å². The normalized spacial score (nSPS) is 10.1.